The highest BCUT2D eigenvalue weighted by Crippen LogP contribution is 2.38. The molecule has 1 unspecified atom stereocenters. The van der Waals surface area contributed by atoms with Crippen molar-refractivity contribution in [3.8, 4) is 11.5 Å². The summed E-state index contributed by atoms with van der Waals surface area (Å²) < 4.78 is 69.7. The Morgan fingerprint density at radius 3 is 2.55 bits per heavy atom. The lowest BCUT2D eigenvalue weighted by atomic mass is 10.1. The Hall–Kier alpha value is -1.74. The third-order valence-corrected chi connectivity index (χ3v) is 4.17. The van der Waals surface area contributed by atoms with Gasteiger partial charge in [0.15, 0.2) is 0 Å². The number of sulfone groups is 1. The van der Waals surface area contributed by atoms with Gasteiger partial charge in [-0.25, -0.2) is 8.42 Å². The number of rotatable bonds is 2. The molecule has 1 heterocycles. The predicted molar refractivity (Wildman–Crippen MR) is 62.6 cm³/mol. The van der Waals surface area contributed by atoms with Crippen LogP contribution < -0.4 is 9.47 Å². The third kappa shape index (κ3) is 2.34. The van der Waals surface area contributed by atoms with E-state index in [-0.39, 0.29) is 11.3 Å². The second-order valence-electron chi connectivity index (χ2n) is 3.87. The number of hydrogen-bond acceptors (Lipinski definition) is 5. The summed E-state index contributed by atoms with van der Waals surface area (Å²) in [5.41, 5.74) is -5.41. The average Bonchev–Trinajstić information content (AvgIpc) is 2.35. The molecular weight excluding hydrogens is 301 g/mol. The van der Waals surface area contributed by atoms with Gasteiger partial charge in [-0.3, -0.25) is 0 Å². The summed E-state index contributed by atoms with van der Waals surface area (Å²) in [6, 6.07) is 4.08. The van der Waals surface area contributed by atoms with E-state index >= 15 is 0 Å². The van der Waals surface area contributed by atoms with Crippen molar-refractivity contribution in [2.45, 2.75) is 11.8 Å². The fourth-order valence-corrected chi connectivity index (χ4v) is 2.47. The molecule has 1 aliphatic rings. The van der Waals surface area contributed by atoms with E-state index in [0.717, 1.165) is 6.08 Å². The van der Waals surface area contributed by atoms with Gasteiger partial charge in [-0.05, 0) is 18.2 Å². The number of benzene rings is 1. The third-order valence-electron chi connectivity index (χ3n) is 2.62. The number of aliphatic hydroxyl groups is 1. The van der Waals surface area contributed by atoms with E-state index in [9.17, 15) is 26.7 Å². The number of alkyl halides is 3. The van der Waals surface area contributed by atoms with E-state index in [1.807, 2.05) is 0 Å². The smallest absolute Gasteiger partial charge is 0.497 e. The molecule has 20 heavy (non-hydrogen) atoms. The lowest BCUT2D eigenvalue weighted by molar-refractivity contribution is -0.0455. The van der Waals surface area contributed by atoms with Crippen LogP contribution in [0, 0.1) is 0 Å². The van der Waals surface area contributed by atoms with Crippen LogP contribution >= 0.6 is 0 Å². The highest BCUT2D eigenvalue weighted by atomic mass is 32.2. The molecule has 110 valence electrons. The zero-order valence-corrected chi connectivity index (χ0v) is 10.8. The fraction of sp³-hybridized carbons (Fsp3) is 0.273. The van der Waals surface area contributed by atoms with Crippen molar-refractivity contribution in [3.63, 3.8) is 0 Å². The van der Waals surface area contributed by atoms with Crippen LogP contribution in [-0.4, -0.2) is 32.4 Å². The summed E-state index contributed by atoms with van der Waals surface area (Å²) in [4.78, 5) is -1.25. The van der Waals surface area contributed by atoms with E-state index in [1.165, 1.54) is 25.3 Å². The quantitative estimate of drug-likeness (QED) is 0.900. The van der Waals surface area contributed by atoms with E-state index in [2.05, 4.69) is 0 Å². The minimum absolute atomic E-state index is 0.0259. The van der Waals surface area contributed by atoms with Gasteiger partial charge >= 0.3 is 5.51 Å². The van der Waals surface area contributed by atoms with E-state index < -0.39 is 26.5 Å². The van der Waals surface area contributed by atoms with Crippen LogP contribution in [0.4, 0.5) is 13.2 Å². The lowest BCUT2D eigenvalue weighted by Crippen LogP contribution is -2.34. The zero-order chi connectivity index (χ0) is 15.1. The molecule has 0 bridgehead atoms. The topological polar surface area (TPSA) is 72.8 Å². The molecule has 1 N–H and O–H groups in total. The summed E-state index contributed by atoms with van der Waals surface area (Å²) >= 11 is 0. The van der Waals surface area contributed by atoms with Crippen molar-refractivity contribution in [2.75, 3.05) is 7.11 Å². The maximum atomic E-state index is 12.5. The summed E-state index contributed by atoms with van der Waals surface area (Å²) in [6.45, 7) is 0. The minimum Gasteiger partial charge on any atom is -0.497 e. The van der Waals surface area contributed by atoms with Gasteiger partial charge in [0.05, 0.1) is 7.11 Å². The van der Waals surface area contributed by atoms with Crippen LogP contribution in [0.3, 0.4) is 0 Å². The molecule has 9 heteroatoms. The van der Waals surface area contributed by atoms with E-state index in [1.54, 1.807) is 0 Å². The highest BCUT2D eigenvalue weighted by Gasteiger charge is 2.51. The van der Waals surface area contributed by atoms with Crippen molar-refractivity contribution >= 4 is 15.9 Å². The number of aliphatic hydroxyl groups excluding tert-OH is 1. The number of ether oxygens (including phenoxy) is 2. The Morgan fingerprint density at radius 1 is 1.35 bits per heavy atom. The molecule has 0 radical (unpaired) electrons. The van der Waals surface area contributed by atoms with Gasteiger partial charge in [-0.15, -0.1) is 0 Å². The summed E-state index contributed by atoms with van der Waals surface area (Å²) in [7, 11) is -4.28. The molecule has 0 spiro atoms. The van der Waals surface area contributed by atoms with Crippen LogP contribution in [0.15, 0.2) is 23.1 Å². The van der Waals surface area contributed by atoms with E-state index in [0.29, 0.717) is 5.75 Å². The summed E-state index contributed by atoms with van der Waals surface area (Å²) in [5.74, 6) is 0.379. The number of fused-ring (bicyclic) bond motifs is 1. The van der Waals surface area contributed by atoms with Gasteiger partial charge in [0.25, 0.3) is 9.84 Å². The molecule has 1 atom stereocenters. The van der Waals surface area contributed by atoms with Gasteiger partial charge < -0.3 is 14.6 Å². The van der Waals surface area contributed by atoms with Crippen LogP contribution in [0.5, 0.6) is 11.5 Å². The standard InChI is InChI=1S/C11H9F3O5S/c1-18-7-3-2-6-4-9(10(15)19-8(6)5-7)20(16,17)11(12,13)14/h2-5,10,15H,1H3. The molecule has 1 aliphatic heterocycles. The first kappa shape index (κ1) is 14.7. The lowest BCUT2D eigenvalue weighted by Gasteiger charge is -2.23. The Kier molecular flexibility index (Phi) is 3.42. The summed E-state index contributed by atoms with van der Waals surface area (Å²) in [6.07, 6.45) is -1.49. The molecule has 0 fully saturated rings. The molecular formula is C11H9F3O5S. The second-order valence-corrected chi connectivity index (χ2v) is 5.81. The van der Waals surface area contributed by atoms with Crippen LogP contribution in [-0.2, 0) is 9.84 Å². The maximum Gasteiger partial charge on any atom is 0.501 e. The Balaban J connectivity index is 2.54. The van der Waals surface area contributed by atoms with Crippen molar-refractivity contribution in [3.05, 3.63) is 28.7 Å². The second kappa shape index (κ2) is 4.67. The molecule has 0 aliphatic carbocycles. The van der Waals surface area contributed by atoms with Crippen LogP contribution in [0.2, 0.25) is 0 Å². The number of methoxy groups -OCH3 is 1. The van der Waals surface area contributed by atoms with Crippen molar-refractivity contribution in [2.24, 2.45) is 0 Å². The normalized spacial score (nSPS) is 18.9. The molecule has 1 aromatic carbocycles. The largest absolute Gasteiger partial charge is 0.501 e. The zero-order valence-electron chi connectivity index (χ0n) is 10.0. The molecule has 1 aromatic rings. The predicted octanol–water partition coefficient (Wildman–Crippen LogP) is 1.68. The van der Waals surface area contributed by atoms with Crippen molar-refractivity contribution in [1.82, 2.24) is 0 Å². The first-order chi connectivity index (χ1) is 9.16. The monoisotopic (exact) mass is 310 g/mol. The van der Waals surface area contributed by atoms with Gasteiger partial charge in [-0.2, -0.15) is 13.2 Å². The van der Waals surface area contributed by atoms with Crippen molar-refractivity contribution < 1.29 is 36.2 Å². The first-order valence-electron chi connectivity index (χ1n) is 5.22. The number of halogens is 3. The Bertz CT molecular complexity index is 663. The molecule has 0 saturated heterocycles. The first-order valence-corrected chi connectivity index (χ1v) is 6.71. The Morgan fingerprint density at radius 2 is 2.00 bits per heavy atom. The highest BCUT2D eigenvalue weighted by molar-refractivity contribution is 7.96. The number of hydrogen-bond donors (Lipinski definition) is 1. The Labute approximate surface area is 112 Å². The average molecular weight is 310 g/mol. The molecule has 5 nitrogen and oxygen atoms in total. The van der Waals surface area contributed by atoms with Crippen LogP contribution in [0.1, 0.15) is 5.56 Å². The molecule has 0 saturated carbocycles. The summed E-state index contributed by atoms with van der Waals surface area (Å²) in [5, 5.41) is 9.47. The van der Waals surface area contributed by atoms with Gasteiger partial charge in [0.2, 0.25) is 6.29 Å². The SMILES string of the molecule is COc1ccc2c(c1)OC(O)C(S(=O)(=O)C(F)(F)F)=C2. The van der Waals surface area contributed by atoms with Crippen molar-refractivity contribution in [1.29, 1.82) is 0 Å². The molecule has 0 aromatic heterocycles. The maximum absolute atomic E-state index is 12.5. The molecule has 2 rings (SSSR count). The van der Waals surface area contributed by atoms with E-state index in [4.69, 9.17) is 9.47 Å². The van der Waals surface area contributed by atoms with Crippen LogP contribution in [0.25, 0.3) is 6.08 Å². The van der Waals surface area contributed by atoms with Gasteiger partial charge in [0.1, 0.15) is 16.4 Å². The van der Waals surface area contributed by atoms with Gasteiger partial charge in [0, 0.05) is 11.6 Å². The fourth-order valence-electron chi connectivity index (χ4n) is 1.61. The molecule has 0 amide bonds. The van der Waals surface area contributed by atoms with Gasteiger partial charge in [-0.1, -0.05) is 0 Å². The minimum atomic E-state index is -5.65.